The van der Waals surface area contributed by atoms with Crippen LogP contribution in [-0.2, 0) is 11.0 Å². The van der Waals surface area contributed by atoms with E-state index in [-0.39, 0.29) is 4.47 Å². The number of hydrogen-bond acceptors (Lipinski definition) is 1. The molecule has 1 aromatic rings. The summed E-state index contributed by atoms with van der Waals surface area (Å²) >= 11 is 2.99. The van der Waals surface area contributed by atoms with E-state index in [1.807, 2.05) is 0 Å². The summed E-state index contributed by atoms with van der Waals surface area (Å²) in [4.78, 5) is 10.5. The molecule has 0 aliphatic rings. The first-order valence-electron chi connectivity index (χ1n) is 4.15. The Labute approximate surface area is 98.1 Å². The fourth-order valence-corrected chi connectivity index (χ4v) is 1.52. The van der Waals surface area contributed by atoms with E-state index in [0.29, 0.717) is 5.56 Å². The van der Waals surface area contributed by atoms with Crippen LogP contribution in [0.25, 0.3) is 6.08 Å². The molecule has 86 valence electrons. The summed E-state index contributed by atoms with van der Waals surface area (Å²) in [5.41, 5.74) is 4.57. The third-order valence-electron chi connectivity index (χ3n) is 1.75. The molecular formula is C10H7BrF3NO. The number of amides is 1. The summed E-state index contributed by atoms with van der Waals surface area (Å²) < 4.78 is 37.2. The number of carbonyl (C=O) groups excluding carboxylic acids is 1. The Morgan fingerprint density at radius 2 is 2.00 bits per heavy atom. The molecule has 16 heavy (non-hydrogen) atoms. The van der Waals surface area contributed by atoms with Crippen LogP contribution in [0, 0.1) is 0 Å². The fourth-order valence-electron chi connectivity index (χ4n) is 1.01. The summed E-state index contributed by atoms with van der Waals surface area (Å²) in [6.07, 6.45) is -1.96. The van der Waals surface area contributed by atoms with Crippen molar-refractivity contribution in [1.82, 2.24) is 0 Å². The number of primary amides is 1. The number of alkyl halides is 3. The van der Waals surface area contributed by atoms with E-state index in [2.05, 4.69) is 15.9 Å². The molecule has 1 rings (SSSR count). The SMILES string of the molecule is NC(=O)C=Cc1ccc(C(F)(F)F)cc1Br. The van der Waals surface area contributed by atoms with Crippen molar-refractivity contribution < 1.29 is 18.0 Å². The molecule has 0 aliphatic carbocycles. The van der Waals surface area contributed by atoms with Crippen molar-refractivity contribution >= 4 is 27.9 Å². The molecule has 1 amide bonds. The first-order valence-corrected chi connectivity index (χ1v) is 4.94. The molecule has 0 bridgehead atoms. The first kappa shape index (κ1) is 12.8. The predicted octanol–water partition coefficient (Wildman–Crippen LogP) is 2.97. The van der Waals surface area contributed by atoms with Gasteiger partial charge in [-0.05, 0) is 23.8 Å². The lowest BCUT2D eigenvalue weighted by Crippen LogP contribution is -2.06. The highest BCUT2D eigenvalue weighted by atomic mass is 79.9. The van der Waals surface area contributed by atoms with Crippen LogP contribution in [0.1, 0.15) is 11.1 Å². The molecule has 0 radical (unpaired) electrons. The maximum Gasteiger partial charge on any atom is 0.416 e. The van der Waals surface area contributed by atoms with Gasteiger partial charge in [-0.25, -0.2) is 0 Å². The Bertz CT molecular complexity index is 440. The highest BCUT2D eigenvalue weighted by Gasteiger charge is 2.30. The number of hydrogen-bond donors (Lipinski definition) is 1. The summed E-state index contributed by atoms with van der Waals surface area (Å²) in [5, 5.41) is 0. The van der Waals surface area contributed by atoms with Gasteiger partial charge in [-0.2, -0.15) is 13.2 Å². The van der Waals surface area contributed by atoms with Crippen molar-refractivity contribution in [2.45, 2.75) is 6.18 Å². The third kappa shape index (κ3) is 3.37. The zero-order valence-electron chi connectivity index (χ0n) is 7.88. The zero-order chi connectivity index (χ0) is 12.3. The molecule has 0 saturated heterocycles. The van der Waals surface area contributed by atoms with E-state index >= 15 is 0 Å². The third-order valence-corrected chi connectivity index (χ3v) is 2.44. The molecule has 0 spiro atoms. The van der Waals surface area contributed by atoms with Gasteiger partial charge in [0.2, 0.25) is 5.91 Å². The molecular weight excluding hydrogens is 287 g/mol. The van der Waals surface area contributed by atoms with Gasteiger partial charge in [-0.3, -0.25) is 4.79 Å². The predicted molar refractivity (Wildman–Crippen MR) is 57.4 cm³/mol. The molecule has 6 heteroatoms. The Balaban J connectivity index is 3.05. The standard InChI is InChI=1S/C10H7BrF3NO/c11-8-5-7(10(12,13)14)3-1-6(8)2-4-9(15)16/h1-5H,(H2,15,16). The maximum absolute atomic E-state index is 12.3. The van der Waals surface area contributed by atoms with Crippen LogP contribution in [-0.4, -0.2) is 5.91 Å². The summed E-state index contributed by atoms with van der Waals surface area (Å²) in [6.45, 7) is 0. The Kier molecular flexibility index (Phi) is 3.74. The van der Waals surface area contributed by atoms with Crippen molar-refractivity contribution in [3.05, 3.63) is 39.9 Å². The molecule has 0 atom stereocenters. The maximum atomic E-state index is 12.3. The topological polar surface area (TPSA) is 43.1 Å². The molecule has 0 aliphatic heterocycles. The lowest BCUT2D eigenvalue weighted by molar-refractivity contribution is -0.137. The van der Waals surface area contributed by atoms with Gasteiger partial charge in [-0.1, -0.05) is 22.0 Å². The van der Waals surface area contributed by atoms with Crippen LogP contribution in [0.5, 0.6) is 0 Å². The number of rotatable bonds is 2. The van der Waals surface area contributed by atoms with E-state index in [1.54, 1.807) is 0 Å². The van der Waals surface area contributed by atoms with E-state index in [0.717, 1.165) is 18.2 Å². The van der Waals surface area contributed by atoms with Gasteiger partial charge in [0.1, 0.15) is 0 Å². The minimum Gasteiger partial charge on any atom is -0.366 e. The van der Waals surface area contributed by atoms with E-state index in [4.69, 9.17) is 5.73 Å². The Morgan fingerprint density at radius 3 is 2.44 bits per heavy atom. The normalized spacial score (nSPS) is 12.0. The van der Waals surface area contributed by atoms with Gasteiger partial charge in [-0.15, -0.1) is 0 Å². The van der Waals surface area contributed by atoms with Crippen LogP contribution in [0.2, 0.25) is 0 Å². The fraction of sp³-hybridized carbons (Fsp3) is 0.100. The number of nitrogens with two attached hydrogens (primary N) is 1. The average Bonchev–Trinajstić information content (AvgIpc) is 2.14. The van der Waals surface area contributed by atoms with Gasteiger partial charge in [0.15, 0.2) is 0 Å². The Morgan fingerprint density at radius 1 is 1.38 bits per heavy atom. The minimum atomic E-state index is -4.38. The van der Waals surface area contributed by atoms with Crippen molar-refractivity contribution in [3.63, 3.8) is 0 Å². The van der Waals surface area contributed by atoms with E-state index < -0.39 is 17.6 Å². The van der Waals surface area contributed by atoms with Crippen LogP contribution >= 0.6 is 15.9 Å². The second kappa shape index (κ2) is 4.69. The van der Waals surface area contributed by atoms with Gasteiger partial charge in [0.05, 0.1) is 5.56 Å². The lowest BCUT2D eigenvalue weighted by Gasteiger charge is -2.07. The van der Waals surface area contributed by atoms with Gasteiger partial charge in [0, 0.05) is 10.5 Å². The Hall–Kier alpha value is -1.30. The van der Waals surface area contributed by atoms with Crippen LogP contribution < -0.4 is 5.73 Å². The quantitative estimate of drug-likeness (QED) is 0.837. The number of halogens is 4. The highest BCUT2D eigenvalue weighted by Crippen LogP contribution is 2.32. The van der Waals surface area contributed by atoms with E-state index in [9.17, 15) is 18.0 Å². The van der Waals surface area contributed by atoms with Crippen LogP contribution in [0.3, 0.4) is 0 Å². The van der Waals surface area contributed by atoms with Crippen LogP contribution in [0.15, 0.2) is 28.7 Å². The lowest BCUT2D eigenvalue weighted by atomic mass is 10.1. The summed E-state index contributed by atoms with van der Waals surface area (Å²) in [7, 11) is 0. The zero-order valence-corrected chi connectivity index (χ0v) is 9.47. The smallest absolute Gasteiger partial charge is 0.366 e. The monoisotopic (exact) mass is 293 g/mol. The second-order valence-corrected chi connectivity index (χ2v) is 3.82. The molecule has 0 saturated carbocycles. The number of carbonyl (C=O) groups is 1. The second-order valence-electron chi connectivity index (χ2n) is 2.97. The van der Waals surface area contributed by atoms with Gasteiger partial charge >= 0.3 is 6.18 Å². The summed E-state index contributed by atoms with van der Waals surface area (Å²) in [6, 6.07) is 3.14. The minimum absolute atomic E-state index is 0.250. The van der Waals surface area contributed by atoms with Crippen molar-refractivity contribution in [2.24, 2.45) is 5.73 Å². The van der Waals surface area contributed by atoms with Crippen molar-refractivity contribution in [1.29, 1.82) is 0 Å². The molecule has 0 fully saturated rings. The molecule has 1 aromatic carbocycles. The van der Waals surface area contributed by atoms with Gasteiger partial charge < -0.3 is 5.73 Å². The molecule has 0 heterocycles. The number of benzene rings is 1. The highest BCUT2D eigenvalue weighted by molar-refractivity contribution is 9.10. The molecule has 2 N–H and O–H groups in total. The average molecular weight is 294 g/mol. The molecule has 0 unspecified atom stereocenters. The summed E-state index contributed by atoms with van der Waals surface area (Å²) in [5.74, 6) is -0.660. The first-order chi connectivity index (χ1) is 7.30. The van der Waals surface area contributed by atoms with Crippen molar-refractivity contribution in [3.8, 4) is 0 Å². The van der Waals surface area contributed by atoms with Gasteiger partial charge in [0.25, 0.3) is 0 Å². The molecule has 2 nitrogen and oxygen atoms in total. The van der Waals surface area contributed by atoms with Crippen LogP contribution in [0.4, 0.5) is 13.2 Å². The van der Waals surface area contributed by atoms with E-state index in [1.165, 1.54) is 12.1 Å². The molecule has 0 aromatic heterocycles. The largest absolute Gasteiger partial charge is 0.416 e. The van der Waals surface area contributed by atoms with Crippen molar-refractivity contribution in [2.75, 3.05) is 0 Å².